The first-order valence-corrected chi connectivity index (χ1v) is 8.77. The van der Waals surface area contributed by atoms with Gasteiger partial charge in [-0.3, -0.25) is 9.59 Å². The van der Waals surface area contributed by atoms with Crippen LogP contribution in [0.25, 0.3) is 0 Å². The summed E-state index contributed by atoms with van der Waals surface area (Å²) in [6.07, 6.45) is 3.39. The normalized spacial score (nSPS) is 28.5. The zero-order valence-corrected chi connectivity index (χ0v) is 16.1. The van der Waals surface area contributed by atoms with Crippen molar-refractivity contribution in [3.63, 3.8) is 0 Å². The topological polar surface area (TPSA) is 72.8 Å². The molecule has 5 heteroatoms. The van der Waals surface area contributed by atoms with Gasteiger partial charge < -0.3 is 14.6 Å². The lowest BCUT2D eigenvalue weighted by atomic mass is 9.60. The first-order valence-electron chi connectivity index (χ1n) is 8.77. The average Bonchev–Trinajstić information content (AvgIpc) is 2.47. The molecule has 0 bridgehead atoms. The summed E-state index contributed by atoms with van der Waals surface area (Å²) >= 11 is 0. The highest BCUT2D eigenvalue weighted by Gasteiger charge is 2.52. The van der Waals surface area contributed by atoms with Gasteiger partial charge in [0.25, 0.3) is 0 Å². The van der Waals surface area contributed by atoms with E-state index in [1.807, 2.05) is 27.7 Å². The van der Waals surface area contributed by atoms with Crippen LogP contribution in [0.15, 0.2) is 11.6 Å². The van der Waals surface area contributed by atoms with E-state index in [0.717, 1.165) is 5.57 Å². The van der Waals surface area contributed by atoms with Gasteiger partial charge >= 0.3 is 11.9 Å². The predicted molar refractivity (Wildman–Crippen MR) is 95.5 cm³/mol. The number of esters is 2. The van der Waals surface area contributed by atoms with E-state index >= 15 is 0 Å². The summed E-state index contributed by atoms with van der Waals surface area (Å²) in [5.41, 5.74) is -0.883. The lowest BCUT2D eigenvalue weighted by Crippen LogP contribution is -2.55. The first-order chi connectivity index (χ1) is 11.5. The second-order valence-corrected chi connectivity index (χ2v) is 7.36. The minimum atomic E-state index is -1.18. The van der Waals surface area contributed by atoms with Crippen molar-refractivity contribution in [2.45, 2.75) is 72.5 Å². The number of ether oxygens (including phenoxy) is 2. The van der Waals surface area contributed by atoms with Crippen molar-refractivity contribution < 1.29 is 24.2 Å². The molecule has 1 fully saturated rings. The van der Waals surface area contributed by atoms with E-state index in [1.54, 1.807) is 6.08 Å². The van der Waals surface area contributed by atoms with Gasteiger partial charge in [-0.2, -0.15) is 0 Å². The van der Waals surface area contributed by atoms with Crippen LogP contribution in [0.2, 0.25) is 0 Å². The van der Waals surface area contributed by atoms with Crippen LogP contribution in [0.5, 0.6) is 0 Å². The Morgan fingerprint density at radius 1 is 1.28 bits per heavy atom. The molecule has 0 aromatic carbocycles. The van der Waals surface area contributed by atoms with E-state index < -0.39 is 11.0 Å². The quantitative estimate of drug-likeness (QED) is 0.623. The molecule has 0 radical (unpaired) electrons. The standard InChI is InChI=1S/C20H30O5/c1-7-17(9-11-24-15(3)21)8-10-20(23)14(2)12-18(25-16(4)22)13-19(20,5)6/h9,14,18,23H,7,11-13H2,1-6H3/t14-,18-,20+/m1/s1. The summed E-state index contributed by atoms with van der Waals surface area (Å²) in [6, 6.07) is 0. The van der Waals surface area contributed by atoms with Gasteiger partial charge in [0, 0.05) is 30.8 Å². The number of rotatable bonds is 4. The maximum atomic E-state index is 11.3. The molecule has 5 nitrogen and oxygen atoms in total. The fourth-order valence-corrected chi connectivity index (χ4v) is 3.38. The molecule has 1 aliphatic rings. The zero-order valence-electron chi connectivity index (χ0n) is 16.1. The number of carbonyl (C=O) groups excluding carboxylic acids is 2. The minimum Gasteiger partial charge on any atom is -0.463 e. The minimum absolute atomic E-state index is 0.139. The molecule has 0 heterocycles. The monoisotopic (exact) mass is 350 g/mol. The molecule has 1 saturated carbocycles. The molecule has 1 rings (SSSR count). The third-order valence-electron chi connectivity index (χ3n) is 4.84. The van der Waals surface area contributed by atoms with Crippen LogP contribution in [0.3, 0.4) is 0 Å². The van der Waals surface area contributed by atoms with Crippen LogP contribution in [0.1, 0.15) is 60.8 Å². The van der Waals surface area contributed by atoms with Crippen molar-refractivity contribution in [1.29, 1.82) is 0 Å². The van der Waals surface area contributed by atoms with Gasteiger partial charge in [-0.15, -0.1) is 0 Å². The second-order valence-electron chi connectivity index (χ2n) is 7.36. The molecule has 1 aliphatic carbocycles. The molecule has 0 unspecified atom stereocenters. The molecule has 0 spiro atoms. The zero-order chi connectivity index (χ0) is 19.3. The van der Waals surface area contributed by atoms with Crippen molar-refractivity contribution in [2.24, 2.45) is 11.3 Å². The van der Waals surface area contributed by atoms with Gasteiger partial charge in [0.1, 0.15) is 18.3 Å². The smallest absolute Gasteiger partial charge is 0.302 e. The average molecular weight is 350 g/mol. The summed E-state index contributed by atoms with van der Waals surface area (Å²) in [4.78, 5) is 22.1. The molecule has 140 valence electrons. The Balaban J connectivity index is 2.98. The molecular weight excluding hydrogens is 320 g/mol. The molecule has 1 N–H and O–H groups in total. The number of hydrogen-bond acceptors (Lipinski definition) is 5. The van der Waals surface area contributed by atoms with Crippen molar-refractivity contribution >= 4 is 11.9 Å². The van der Waals surface area contributed by atoms with Crippen molar-refractivity contribution in [3.8, 4) is 11.8 Å². The summed E-state index contributed by atoms with van der Waals surface area (Å²) in [7, 11) is 0. The first kappa shape index (κ1) is 21.2. The second kappa shape index (κ2) is 8.53. The van der Waals surface area contributed by atoms with Gasteiger partial charge in [0.15, 0.2) is 0 Å². The van der Waals surface area contributed by atoms with E-state index in [0.29, 0.717) is 19.3 Å². The molecule has 0 saturated heterocycles. The predicted octanol–water partition coefficient (Wildman–Crippen LogP) is 3.01. The van der Waals surface area contributed by atoms with Gasteiger partial charge in [-0.1, -0.05) is 39.5 Å². The summed E-state index contributed by atoms with van der Waals surface area (Å²) in [5, 5.41) is 11.3. The van der Waals surface area contributed by atoms with Gasteiger partial charge in [-0.05, 0) is 25.3 Å². The summed E-state index contributed by atoms with van der Waals surface area (Å²) < 4.78 is 10.3. The fourth-order valence-electron chi connectivity index (χ4n) is 3.38. The van der Waals surface area contributed by atoms with Crippen LogP contribution < -0.4 is 0 Å². The third-order valence-corrected chi connectivity index (χ3v) is 4.84. The summed E-state index contributed by atoms with van der Waals surface area (Å²) in [5.74, 6) is 5.34. The Morgan fingerprint density at radius 2 is 1.92 bits per heavy atom. The lowest BCUT2D eigenvalue weighted by molar-refractivity contribution is -0.164. The van der Waals surface area contributed by atoms with Crippen LogP contribution in [0.4, 0.5) is 0 Å². The Bertz CT molecular complexity index is 593. The highest BCUT2D eigenvalue weighted by molar-refractivity contribution is 5.66. The molecule has 3 atom stereocenters. The molecule has 0 aromatic rings. The Labute approximate surface area is 150 Å². The fraction of sp³-hybridized carbons (Fsp3) is 0.700. The molecule has 0 amide bonds. The maximum Gasteiger partial charge on any atom is 0.302 e. The highest BCUT2D eigenvalue weighted by atomic mass is 16.5. The number of carbonyl (C=O) groups is 2. The summed E-state index contributed by atoms with van der Waals surface area (Å²) in [6.45, 7) is 10.7. The number of allylic oxidation sites excluding steroid dienone is 1. The van der Waals surface area contributed by atoms with Crippen molar-refractivity contribution in [1.82, 2.24) is 0 Å². The van der Waals surface area contributed by atoms with Crippen LogP contribution in [-0.4, -0.2) is 35.4 Å². The van der Waals surface area contributed by atoms with Gasteiger partial charge in [0.2, 0.25) is 0 Å². The van der Waals surface area contributed by atoms with E-state index in [1.165, 1.54) is 13.8 Å². The van der Waals surface area contributed by atoms with Crippen LogP contribution in [-0.2, 0) is 19.1 Å². The largest absolute Gasteiger partial charge is 0.463 e. The molecule has 0 aromatic heterocycles. The lowest BCUT2D eigenvalue weighted by Gasteiger charge is -2.49. The number of aliphatic hydroxyl groups is 1. The van der Waals surface area contributed by atoms with Gasteiger partial charge in [0.05, 0.1) is 0 Å². The SMILES string of the molecule is CCC(C#C[C@]1(O)[C@H](C)C[C@@H](OC(C)=O)CC1(C)C)=CCOC(C)=O. The Morgan fingerprint density at radius 3 is 2.40 bits per heavy atom. The molecule has 25 heavy (non-hydrogen) atoms. The Hall–Kier alpha value is -1.80. The van der Waals surface area contributed by atoms with Crippen molar-refractivity contribution in [3.05, 3.63) is 11.6 Å². The third kappa shape index (κ3) is 5.61. The van der Waals surface area contributed by atoms with Crippen LogP contribution in [0, 0.1) is 23.2 Å². The molecule has 0 aliphatic heterocycles. The van der Waals surface area contributed by atoms with Crippen molar-refractivity contribution in [2.75, 3.05) is 6.61 Å². The number of hydrogen-bond donors (Lipinski definition) is 1. The van der Waals surface area contributed by atoms with Gasteiger partial charge in [-0.25, -0.2) is 0 Å². The molecular formula is C20H30O5. The van der Waals surface area contributed by atoms with E-state index in [2.05, 4.69) is 11.8 Å². The van der Waals surface area contributed by atoms with E-state index in [4.69, 9.17) is 9.47 Å². The van der Waals surface area contributed by atoms with E-state index in [-0.39, 0.29) is 30.6 Å². The maximum absolute atomic E-state index is 11.3. The van der Waals surface area contributed by atoms with Crippen LogP contribution >= 0.6 is 0 Å². The highest BCUT2D eigenvalue weighted by Crippen LogP contribution is 2.47. The van der Waals surface area contributed by atoms with E-state index in [9.17, 15) is 14.7 Å². The Kier molecular flexibility index (Phi) is 7.25.